The Labute approximate surface area is 130 Å². The van der Waals surface area contributed by atoms with Crippen molar-refractivity contribution in [2.75, 3.05) is 0 Å². The Bertz CT molecular complexity index is 1060. The maximum absolute atomic E-state index is 12.2. The number of hydrogen-bond donors (Lipinski definition) is 0. The van der Waals surface area contributed by atoms with Crippen molar-refractivity contribution in [3.63, 3.8) is 0 Å². The second-order valence-corrected chi connectivity index (χ2v) is 7.45. The normalized spacial score (nSPS) is 12.0. The fourth-order valence-corrected chi connectivity index (χ4v) is 4.20. The van der Waals surface area contributed by atoms with Crippen LogP contribution in [0.5, 0.6) is 5.75 Å². The SMILES string of the molecule is O=S(=O)(Oc1ccc2oc3ccccc3c2c1)c1cccs1. The minimum absolute atomic E-state index is 0.185. The average Bonchev–Trinajstić information content (AvgIpc) is 3.14. The van der Waals surface area contributed by atoms with Crippen LogP contribution in [0.2, 0.25) is 0 Å². The van der Waals surface area contributed by atoms with Crippen molar-refractivity contribution < 1.29 is 17.0 Å². The molecule has 0 aliphatic carbocycles. The van der Waals surface area contributed by atoms with Gasteiger partial charge in [0.2, 0.25) is 0 Å². The van der Waals surface area contributed by atoms with E-state index in [0.717, 1.165) is 27.7 Å². The first-order valence-electron chi connectivity index (χ1n) is 6.53. The van der Waals surface area contributed by atoms with Crippen molar-refractivity contribution in [3.05, 3.63) is 60.0 Å². The van der Waals surface area contributed by atoms with Gasteiger partial charge in [0.25, 0.3) is 0 Å². The Kier molecular flexibility index (Phi) is 2.95. The Morgan fingerprint density at radius 1 is 0.909 bits per heavy atom. The Hall–Kier alpha value is -2.31. The van der Waals surface area contributed by atoms with Crippen LogP contribution in [-0.4, -0.2) is 8.42 Å². The van der Waals surface area contributed by atoms with Gasteiger partial charge in [0, 0.05) is 10.8 Å². The van der Waals surface area contributed by atoms with Crippen LogP contribution in [0.15, 0.2) is 68.6 Å². The molecule has 2 aromatic heterocycles. The largest absolute Gasteiger partial charge is 0.456 e. The molecule has 0 amide bonds. The van der Waals surface area contributed by atoms with Crippen LogP contribution in [0.4, 0.5) is 0 Å². The first-order valence-corrected chi connectivity index (χ1v) is 8.81. The topological polar surface area (TPSA) is 56.5 Å². The molecule has 0 bridgehead atoms. The highest BCUT2D eigenvalue weighted by atomic mass is 32.3. The smallest absolute Gasteiger partial charge is 0.348 e. The average molecular weight is 330 g/mol. The Morgan fingerprint density at radius 3 is 2.55 bits per heavy atom. The van der Waals surface area contributed by atoms with Crippen molar-refractivity contribution in [1.82, 2.24) is 0 Å². The minimum atomic E-state index is -3.79. The second-order valence-electron chi connectivity index (χ2n) is 4.73. The van der Waals surface area contributed by atoms with E-state index in [2.05, 4.69) is 0 Å². The van der Waals surface area contributed by atoms with Crippen LogP contribution in [0, 0.1) is 0 Å². The van der Waals surface area contributed by atoms with E-state index in [1.54, 1.807) is 29.6 Å². The number of rotatable bonds is 3. The van der Waals surface area contributed by atoms with Gasteiger partial charge >= 0.3 is 10.1 Å². The number of hydrogen-bond acceptors (Lipinski definition) is 5. The second kappa shape index (κ2) is 4.86. The van der Waals surface area contributed by atoms with Crippen molar-refractivity contribution in [2.45, 2.75) is 4.21 Å². The zero-order valence-electron chi connectivity index (χ0n) is 11.2. The quantitative estimate of drug-likeness (QED) is 0.522. The molecule has 0 fully saturated rings. The van der Waals surface area contributed by atoms with Gasteiger partial charge in [0.1, 0.15) is 16.9 Å². The lowest BCUT2D eigenvalue weighted by Gasteiger charge is -2.04. The maximum Gasteiger partial charge on any atom is 0.348 e. The van der Waals surface area contributed by atoms with Crippen LogP contribution in [-0.2, 0) is 10.1 Å². The van der Waals surface area contributed by atoms with Gasteiger partial charge in [-0.2, -0.15) is 8.42 Å². The van der Waals surface area contributed by atoms with Crippen molar-refractivity contribution in [3.8, 4) is 5.75 Å². The van der Waals surface area contributed by atoms with E-state index in [0.29, 0.717) is 5.58 Å². The highest BCUT2D eigenvalue weighted by Crippen LogP contribution is 2.32. The van der Waals surface area contributed by atoms with Crippen LogP contribution < -0.4 is 4.18 Å². The monoisotopic (exact) mass is 330 g/mol. The molecule has 2 aromatic carbocycles. The summed E-state index contributed by atoms with van der Waals surface area (Å²) in [7, 11) is -3.79. The van der Waals surface area contributed by atoms with E-state index in [9.17, 15) is 8.42 Å². The lowest BCUT2D eigenvalue weighted by Crippen LogP contribution is -2.07. The highest BCUT2D eigenvalue weighted by Gasteiger charge is 2.18. The van der Waals surface area contributed by atoms with Crippen LogP contribution in [0.25, 0.3) is 21.9 Å². The molecule has 0 atom stereocenters. The molecule has 2 heterocycles. The molecule has 4 rings (SSSR count). The van der Waals surface area contributed by atoms with Gasteiger partial charge in [-0.15, -0.1) is 11.3 Å². The predicted molar refractivity (Wildman–Crippen MR) is 85.9 cm³/mol. The van der Waals surface area contributed by atoms with E-state index in [4.69, 9.17) is 8.60 Å². The van der Waals surface area contributed by atoms with Crippen LogP contribution in [0.1, 0.15) is 0 Å². The number of thiophene rings is 1. The van der Waals surface area contributed by atoms with E-state index >= 15 is 0 Å². The van der Waals surface area contributed by atoms with Gasteiger partial charge in [-0.25, -0.2) is 0 Å². The fourth-order valence-electron chi connectivity index (χ4n) is 2.33. The van der Waals surface area contributed by atoms with Crippen molar-refractivity contribution in [1.29, 1.82) is 0 Å². The summed E-state index contributed by atoms with van der Waals surface area (Å²) < 4.78 is 35.4. The molecule has 0 aliphatic rings. The molecule has 110 valence electrons. The standard InChI is InChI=1S/C16H10O4S2/c17-22(18,16-6-3-9-21-16)20-11-7-8-15-13(10-11)12-4-1-2-5-14(12)19-15/h1-10H. The molecule has 0 saturated heterocycles. The van der Waals surface area contributed by atoms with Gasteiger partial charge in [0.05, 0.1) is 0 Å². The summed E-state index contributed by atoms with van der Waals surface area (Å²) in [6, 6.07) is 15.8. The van der Waals surface area contributed by atoms with Gasteiger partial charge in [-0.05, 0) is 35.7 Å². The molecular weight excluding hydrogens is 320 g/mol. The van der Waals surface area contributed by atoms with E-state index in [1.165, 1.54) is 6.07 Å². The van der Waals surface area contributed by atoms with Crippen molar-refractivity contribution >= 4 is 43.4 Å². The molecule has 0 saturated carbocycles. The molecule has 6 heteroatoms. The number of benzene rings is 2. The zero-order valence-corrected chi connectivity index (χ0v) is 12.9. The molecular formula is C16H10O4S2. The molecule has 0 N–H and O–H groups in total. The van der Waals surface area contributed by atoms with Gasteiger partial charge < -0.3 is 8.60 Å². The summed E-state index contributed by atoms with van der Waals surface area (Å²) in [6.07, 6.45) is 0. The van der Waals surface area contributed by atoms with Gasteiger partial charge in [-0.1, -0.05) is 24.3 Å². The Balaban J connectivity index is 1.81. The summed E-state index contributed by atoms with van der Waals surface area (Å²) >= 11 is 1.13. The zero-order chi connectivity index (χ0) is 15.2. The lowest BCUT2D eigenvalue weighted by molar-refractivity contribution is 0.488. The fraction of sp³-hybridized carbons (Fsp3) is 0. The molecule has 0 radical (unpaired) electrons. The molecule has 0 unspecified atom stereocenters. The van der Waals surface area contributed by atoms with E-state index in [1.807, 2.05) is 24.3 Å². The van der Waals surface area contributed by atoms with Crippen LogP contribution in [0.3, 0.4) is 0 Å². The third kappa shape index (κ3) is 2.17. The number of para-hydroxylation sites is 1. The summed E-state index contributed by atoms with van der Waals surface area (Å²) in [5.41, 5.74) is 1.46. The molecule has 4 aromatic rings. The number of furan rings is 1. The van der Waals surface area contributed by atoms with Crippen LogP contribution >= 0.6 is 11.3 Å². The minimum Gasteiger partial charge on any atom is -0.456 e. The molecule has 22 heavy (non-hydrogen) atoms. The summed E-state index contributed by atoms with van der Waals surface area (Å²) in [4.78, 5) is 0. The third-order valence-corrected chi connectivity index (χ3v) is 5.90. The first kappa shape index (κ1) is 13.4. The molecule has 4 nitrogen and oxygen atoms in total. The van der Waals surface area contributed by atoms with E-state index < -0.39 is 10.1 Å². The summed E-state index contributed by atoms with van der Waals surface area (Å²) in [5.74, 6) is 0.271. The highest BCUT2D eigenvalue weighted by molar-refractivity contribution is 7.89. The predicted octanol–water partition coefficient (Wildman–Crippen LogP) is 4.42. The Morgan fingerprint density at radius 2 is 1.73 bits per heavy atom. The molecule has 0 spiro atoms. The van der Waals surface area contributed by atoms with E-state index in [-0.39, 0.29) is 9.96 Å². The van der Waals surface area contributed by atoms with Gasteiger partial charge in [0.15, 0.2) is 4.21 Å². The summed E-state index contributed by atoms with van der Waals surface area (Å²) in [6.45, 7) is 0. The number of fused-ring (bicyclic) bond motifs is 3. The van der Waals surface area contributed by atoms with Crippen molar-refractivity contribution in [2.24, 2.45) is 0 Å². The first-order chi connectivity index (χ1) is 10.6. The van der Waals surface area contributed by atoms with Gasteiger partial charge in [-0.3, -0.25) is 0 Å². The molecule has 0 aliphatic heterocycles. The lowest BCUT2D eigenvalue weighted by atomic mass is 10.1. The third-order valence-electron chi connectivity index (χ3n) is 3.30. The maximum atomic E-state index is 12.2. The summed E-state index contributed by atoms with van der Waals surface area (Å²) in [5, 5.41) is 3.45.